The van der Waals surface area contributed by atoms with E-state index >= 15 is 0 Å². The molecule has 0 N–H and O–H groups in total. The molecule has 0 saturated carbocycles. The van der Waals surface area contributed by atoms with Crippen molar-refractivity contribution in [3.8, 4) is 0 Å². The number of fused-ring (bicyclic) bond motifs is 1. The standard InChI is InChI=1S/C12H9BrN2O4/c1-6(16)15-10-4-3-8(13)5-9(10)11(12(15)18)14-19-7(2)17/h3-5H,1-2H3/b14-11+. The predicted molar refractivity (Wildman–Crippen MR) is 70.6 cm³/mol. The van der Waals surface area contributed by atoms with Crippen LogP contribution in [0.15, 0.2) is 27.8 Å². The first-order valence-electron chi connectivity index (χ1n) is 5.32. The Morgan fingerprint density at radius 1 is 1.32 bits per heavy atom. The lowest BCUT2D eigenvalue weighted by molar-refractivity contribution is -0.140. The minimum absolute atomic E-state index is 0.0679. The predicted octanol–water partition coefficient (Wildman–Crippen LogP) is 1.61. The largest absolute Gasteiger partial charge is 0.332 e. The number of benzene rings is 1. The highest BCUT2D eigenvalue weighted by atomic mass is 79.9. The van der Waals surface area contributed by atoms with Gasteiger partial charge >= 0.3 is 5.97 Å². The van der Waals surface area contributed by atoms with Crippen LogP contribution in [-0.2, 0) is 19.2 Å². The number of carbonyl (C=O) groups is 3. The summed E-state index contributed by atoms with van der Waals surface area (Å²) in [5.74, 6) is -1.68. The van der Waals surface area contributed by atoms with Gasteiger partial charge < -0.3 is 4.84 Å². The maximum Gasteiger partial charge on any atom is 0.332 e. The second kappa shape index (κ2) is 4.93. The van der Waals surface area contributed by atoms with Crippen LogP contribution in [0.25, 0.3) is 0 Å². The minimum atomic E-state index is -0.641. The van der Waals surface area contributed by atoms with E-state index in [9.17, 15) is 14.4 Å². The Balaban J connectivity index is 2.57. The summed E-state index contributed by atoms with van der Waals surface area (Å²) in [5, 5.41) is 3.52. The maximum absolute atomic E-state index is 12.1. The second-order valence-corrected chi connectivity index (χ2v) is 4.76. The lowest BCUT2D eigenvalue weighted by atomic mass is 10.1. The van der Waals surface area contributed by atoms with Crippen LogP contribution in [0.4, 0.5) is 5.69 Å². The van der Waals surface area contributed by atoms with Gasteiger partial charge in [-0.25, -0.2) is 9.69 Å². The molecule has 1 aliphatic rings. The second-order valence-electron chi connectivity index (χ2n) is 3.84. The van der Waals surface area contributed by atoms with Gasteiger partial charge in [-0.2, -0.15) is 0 Å². The molecule has 98 valence electrons. The smallest absolute Gasteiger partial charge is 0.318 e. The lowest BCUT2D eigenvalue weighted by Crippen LogP contribution is -2.34. The van der Waals surface area contributed by atoms with Crippen molar-refractivity contribution in [2.45, 2.75) is 13.8 Å². The number of hydrogen-bond donors (Lipinski definition) is 0. The average Bonchev–Trinajstić information content (AvgIpc) is 2.58. The van der Waals surface area contributed by atoms with Gasteiger partial charge in [-0.15, -0.1) is 0 Å². The average molecular weight is 325 g/mol. The zero-order valence-corrected chi connectivity index (χ0v) is 11.7. The van der Waals surface area contributed by atoms with Gasteiger partial charge in [0, 0.05) is 23.9 Å². The third kappa shape index (κ3) is 2.41. The molecule has 0 unspecified atom stereocenters. The summed E-state index contributed by atoms with van der Waals surface area (Å²) >= 11 is 3.27. The fourth-order valence-corrected chi connectivity index (χ4v) is 2.10. The van der Waals surface area contributed by atoms with Crippen LogP contribution >= 0.6 is 15.9 Å². The van der Waals surface area contributed by atoms with Crippen LogP contribution in [0.1, 0.15) is 19.4 Å². The Labute approximate surface area is 117 Å². The topological polar surface area (TPSA) is 76.0 Å². The third-order valence-corrected chi connectivity index (χ3v) is 2.93. The molecule has 1 aliphatic heterocycles. The molecule has 0 aromatic heterocycles. The fraction of sp³-hybridized carbons (Fsp3) is 0.167. The van der Waals surface area contributed by atoms with Gasteiger partial charge in [-0.05, 0) is 18.2 Å². The summed E-state index contributed by atoms with van der Waals surface area (Å²) in [4.78, 5) is 39.9. The normalized spacial score (nSPS) is 15.6. The first-order valence-corrected chi connectivity index (χ1v) is 6.11. The van der Waals surface area contributed by atoms with Gasteiger partial charge in [0.1, 0.15) is 0 Å². The molecule has 0 bridgehead atoms. The van der Waals surface area contributed by atoms with Crippen molar-refractivity contribution in [2.24, 2.45) is 5.16 Å². The van der Waals surface area contributed by atoms with Crippen LogP contribution < -0.4 is 4.90 Å². The lowest BCUT2D eigenvalue weighted by Gasteiger charge is -2.11. The summed E-state index contributed by atoms with van der Waals surface area (Å²) in [7, 11) is 0. The molecule has 0 fully saturated rings. The summed E-state index contributed by atoms with van der Waals surface area (Å²) < 4.78 is 0.722. The molecule has 1 aromatic carbocycles. The van der Waals surface area contributed by atoms with Crippen molar-refractivity contribution in [1.29, 1.82) is 0 Å². The van der Waals surface area contributed by atoms with E-state index in [0.29, 0.717) is 11.3 Å². The molecule has 1 aromatic rings. The summed E-state index contributed by atoms with van der Waals surface area (Å²) in [6.07, 6.45) is 0. The molecule has 19 heavy (non-hydrogen) atoms. The van der Waals surface area contributed by atoms with E-state index in [-0.39, 0.29) is 5.71 Å². The van der Waals surface area contributed by atoms with E-state index in [4.69, 9.17) is 0 Å². The molecule has 7 heteroatoms. The third-order valence-electron chi connectivity index (χ3n) is 2.44. The van der Waals surface area contributed by atoms with Crippen molar-refractivity contribution in [3.63, 3.8) is 0 Å². The summed E-state index contributed by atoms with van der Waals surface area (Å²) in [5.41, 5.74) is 0.795. The highest BCUT2D eigenvalue weighted by Crippen LogP contribution is 2.32. The van der Waals surface area contributed by atoms with E-state index in [0.717, 1.165) is 9.37 Å². The Morgan fingerprint density at radius 2 is 2.00 bits per heavy atom. The van der Waals surface area contributed by atoms with E-state index in [1.54, 1.807) is 18.2 Å². The number of rotatable bonds is 1. The highest BCUT2D eigenvalue weighted by molar-refractivity contribution is 9.10. The molecular weight excluding hydrogens is 316 g/mol. The summed E-state index contributed by atoms with van der Waals surface area (Å²) in [6.45, 7) is 2.45. The number of imide groups is 1. The molecule has 0 atom stereocenters. The first kappa shape index (κ1) is 13.4. The maximum atomic E-state index is 12.1. The number of oxime groups is 1. The van der Waals surface area contributed by atoms with Crippen molar-refractivity contribution in [3.05, 3.63) is 28.2 Å². The van der Waals surface area contributed by atoms with Crippen LogP contribution in [0.2, 0.25) is 0 Å². The number of hydrogen-bond acceptors (Lipinski definition) is 5. The molecule has 0 saturated heterocycles. The van der Waals surface area contributed by atoms with Crippen LogP contribution in [-0.4, -0.2) is 23.5 Å². The molecule has 0 aliphatic carbocycles. The van der Waals surface area contributed by atoms with Crippen molar-refractivity contribution >= 4 is 45.1 Å². The molecular formula is C12H9BrN2O4. The van der Waals surface area contributed by atoms with Crippen molar-refractivity contribution in [2.75, 3.05) is 4.90 Å². The Kier molecular flexibility index (Phi) is 3.48. The first-order chi connectivity index (χ1) is 8.91. The summed E-state index contributed by atoms with van der Waals surface area (Å²) in [6, 6.07) is 4.96. The van der Waals surface area contributed by atoms with E-state index in [1.807, 2.05) is 0 Å². The van der Waals surface area contributed by atoms with Gasteiger partial charge in [0.2, 0.25) is 5.91 Å². The zero-order chi connectivity index (χ0) is 14.2. The Morgan fingerprint density at radius 3 is 2.58 bits per heavy atom. The molecule has 6 nitrogen and oxygen atoms in total. The van der Waals surface area contributed by atoms with E-state index in [2.05, 4.69) is 25.9 Å². The fourth-order valence-electron chi connectivity index (χ4n) is 1.73. The quantitative estimate of drug-likeness (QED) is 0.581. The van der Waals surface area contributed by atoms with E-state index in [1.165, 1.54) is 13.8 Å². The molecule has 2 amide bonds. The van der Waals surface area contributed by atoms with Gasteiger partial charge in [-0.1, -0.05) is 21.1 Å². The van der Waals surface area contributed by atoms with Crippen molar-refractivity contribution < 1.29 is 19.2 Å². The van der Waals surface area contributed by atoms with Crippen LogP contribution in [0.5, 0.6) is 0 Å². The van der Waals surface area contributed by atoms with Crippen LogP contribution in [0, 0.1) is 0 Å². The highest BCUT2D eigenvalue weighted by Gasteiger charge is 2.37. The van der Waals surface area contributed by atoms with Gasteiger partial charge in [0.05, 0.1) is 5.69 Å². The molecule has 2 rings (SSSR count). The number of carbonyl (C=O) groups excluding carboxylic acids is 3. The van der Waals surface area contributed by atoms with Gasteiger partial charge in [-0.3, -0.25) is 9.59 Å². The van der Waals surface area contributed by atoms with Gasteiger partial charge in [0.15, 0.2) is 5.71 Å². The number of halogens is 1. The minimum Gasteiger partial charge on any atom is -0.318 e. The Hall–Kier alpha value is -2.02. The van der Waals surface area contributed by atoms with Gasteiger partial charge in [0.25, 0.3) is 5.91 Å². The van der Waals surface area contributed by atoms with Crippen molar-refractivity contribution in [1.82, 2.24) is 0 Å². The SMILES string of the molecule is CC(=O)O/N=C1/C(=O)N(C(C)=O)c2ccc(Br)cc21. The zero-order valence-electron chi connectivity index (χ0n) is 10.1. The molecule has 1 heterocycles. The number of amides is 2. The monoisotopic (exact) mass is 324 g/mol. The van der Waals surface area contributed by atoms with Crippen LogP contribution in [0.3, 0.4) is 0 Å². The Bertz CT molecular complexity index is 624. The molecule has 0 spiro atoms. The number of anilines is 1. The van der Waals surface area contributed by atoms with E-state index < -0.39 is 17.8 Å². The number of nitrogens with zero attached hydrogens (tertiary/aromatic N) is 2. The molecule has 0 radical (unpaired) electrons.